The summed E-state index contributed by atoms with van der Waals surface area (Å²) < 4.78 is 0. The van der Waals surface area contributed by atoms with Crippen LogP contribution >= 0.6 is 0 Å². The molecule has 0 radical (unpaired) electrons. The van der Waals surface area contributed by atoms with E-state index in [0.717, 1.165) is 5.56 Å². The smallest absolute Gasteiger partial charge is 0.244 e. The molecule has 1 aromatic rings. The first-order valence-corrected chi connectivity index (χ1v) is 6.14. The van der Waals surface area contributed by atoms with Gasteiger partial charge < -0.3 is 10.0 Å². The van der Waals surface area contributed by atoms with E-state index in [9.17, 15) is 15.2 Å². The van der Waals surface area contributed by atoms with E-state index in [1.54, 1.807) is 17.0 Å². The fraction of sp³-hybridized carbons (Fsp3) is 0.429. The number of likely N-dealkylation sites (tertiary alicyclic amines) is 1. The molecule has 1 unspecified atom stereocenters. The largest absolute Gasteiger partial charge is 0.393 e. The average molecular weight is 244 g/mol. The standard InChI is InChI=1S/C14H16N2O2/c15-10-13(11-4-2-1-3-5-11)14(18)16-8-6-12(17)7-9-16/h1-5,12-13,17H,6-9H2. The molecule has 1 saturated heterocycles. The van der Waals surface area contributed by atoms with Crippen molar-refractivity contribution < 1.29 is 9.90 Å². The van der Waals surface area contributed by atoms with Crippen molar-refractivity contribution in [1.82, 2.24) is 4.90 Å². The topological polar surface area (TPSA) is 64.3 Å². The molecular weight excluding hydrogens is 228 g/mol. The minimum absolute atomic E-state index is 0.157. The summed E-state index contributed by atoms with van der Waals surface area (Å²) in [5.41, 5.74) is 0.733. The number of benzene rings is 1. The maximum atomic E-state index is 12.3. The van der Waals surface area contributed by atoms with Gasteiger partial charge in [0, 0.05) is 13.1 Å². The highest BCUT2D eigenvalue weighted by molar-refractivity contribution is 5.86. The van der Waals surface area contributed by atoms with Gasteiger partial charge in [0.25, 0.3) is 0 Å². The molecule has 1 fully saturated rings. The quantitative estimate of drug-likeness (QED) is 0.852. The summed E-state index contributed by atoms with van der Waals surface area (Å²) in [4.78, 5) is 13.9. The number of piperidine rings is 1. The number of nitriles is 1. The lowest BCUT2D eigenvalue weighted by Gasteiger charge is -2.31. The van der Waals surface area contributed by atoms with Crippen LogP contribution in [0.3, 0.4) is 0 Å². The number of carbonyl (C=O) groups is 1. The van der Waals surface area contributed by atoms with E-state index in [1.807, 2.05) is 18.2 Å². The number of carbonyl (C=O) groups excluding carboxylic acids is 1. The van der Waals surface area contributed by atoms with Crippen molar-refractivity contribution in [3.63, 3.8) is 0 Å². The molecule has 18 heavy (non-hydrogen) atoms. The van der Waals surface area contributed by atoms with Gasteiger partial charge in [0.1, 0.15) is 5.92 Å². The summed E-state index contributed by atoms with van der Waals surface area (Å²) in [7, 11) is 0. The Labute approximate surface area is 106 Å². The summed E-state index contributed by atoms with van der Waals surface area (Å²) in [5, 5.41) is 18.6. The molecule has 0 saturated carbocycles. The van der Waals surface area contributed by atoms with E-state index < -0.39 is 5.92 Å². The van der Waals surface area contributed by atoms with Gasteiger partial charge in [0.05, 0.1) is 12.2 Å². The van der Waals surface area contributed by atoms with Crippen molar-refractivity contribution in [3.8, 4) is 6.07 Å². The predicted octanol–water partition coefficient (Wildman–Crippen LogP) is 1.28. The molecule has 1 atom stereocenters. The molecule has 1 aliphatic heterocycles. The molecule has 94 valence electrons. The number of aliphatic hydroxyl groups is 1. The van der Waals surface area contributed by atoms with E-state index in [2.05, 4.69) is 6.07 Å². The Morgan fingerprint density at radius 2 is 1.94 bits per heavy atom. The number of amides is 1. The second-order valence-electron chi connectivity index (χ2n) is 4.53. The van der Waals surface area contributed by atoms with E-state index in [4.69, 9.17) is 0 Å². The first kappa shape index (κ1) is 12.6. The van der Waals surface area contributed by atoms with Gasteiger partial charge in [0.2, 0.25) is 5.91 Å². The van der Waals surface area contributed by atoms with Gasteiger partial charge in [-0.1, -0.05) is 30.3 Å². The molecule has 1 N–H and O–H groups in total. The molecular formula is C14H16N2O2. The molecule has 0 bridgehead atoms. The zero-order valence-electron chi connectivity index (χ0n) is 10.1. The van der Waals surface area contributed by atoms with Gasteiger partial charge in [-0.05, 0) is 18.4 Å². The Hall–Kier alpha value is -1.86. The van der Waals surface area contributed by atoms with Gasteiger partial charge in [-0.15, -0.1) is 0 Å². The SMILES string of the molecule is N#CC(C(=O)N1CCC(O)CC1)c1ccccc1. The highest BCUT2D eigenvalue weighted by Crippen LogP contribution is 2.20. The van der Waals surface area contributed by atoms with Crippen molar-refractivity contribution in [2.45, 2.75) is 24.9 Å². The number of rotatable bonds is 2. The molecule has 1 amide bonds. The van der Waals surface area contributed by atoms with Crippen molar-refractivity contribution in [3.05, 3.63) is 35.9 Å². The van der Waals surface area contributed by atoms with Crippen LogP contribution in [-0.4, -0.2) is 35.1 Å². The van der Waals surface area contributed by atoms with Crippen LogP contribution in [0.4, 0.5) is 0 Å². The van der Waals surface area contributed by atoms with Crippen LogP contribution in [0, 0.1) is 11.3 Å². The van der Waals surface area contributed by atoms with Gasteiger partial charge in [-0.3, -0.25) is 4.79 Å². The molecule has 0 spiro atoms. The van der Waals surface area contributed by atoms with Crippen LogP contribution in [-0.2, 0) is 4.79 Å². The monoisotopic (exact) mass is 244 g/mol. The van der Waals surface area contributed by atoms with Crippen LogP contribution in [0.5, 0.6) is 0 Å². The lowest BCUT2D eigenvalue weighted by molar-refractivity contribution is -0.133. The van der Waals surface area contributed by atoms with Crippen LogP contribution in [0.1, 0.15) is 24.3 Å². The van der Waals surface area contributed by atoms with E-state index in [1.165, 1.54) is 0 Å². The highest BCUT2D eigenvalue weighted by atomic mass is 16.3. The van der Waals surface area contributed by atoms with Crippen molar-refractivity contribution >= 4 is 5.91 Å². The third-order valence-corrected chi connectivity index (χ3v) is 3.29. The van der Waals surface area contributed by atoms with E-state index in [0.29, 0.717) is 25.9 Å². The second kappa shape index (κ2) is 5.65. The van der Waals surface area contributed by atoms with Gasteiger partial charge >= 0.3 is 0 Å². The predicted molar refractivity (Wildman–Crippen MR) is 66.6 cm³/mol. The van der Waals surface area contributed by atoms with Crippen LogP contribution in [0.25, 0.3) is 0 Å². The molecule has 4 nitrogen and oxygen atoms in total. The molecule has 4 heteroatoms. The lowest BCUT2D eigenvalue weighted by Crippen LogP contribution is -2.42. The molecule has 0 aromatic heterocycles. The minimum atomic E-state index is -0.735. The maximum absolute atomic E-state index is 12.3. The molecule has 1 heterocycles. The maximum Gasteiger partial charge on any atom is 0.244 e. The zero-order chi connectivity index (χ0) is 13.0. The molecule has 1 aromatic carbocycles. The number of hydrogen-bond acceptors (Lipinski definition) is 3. The van der Waals surface area contributed by atoms with Gasteiger partial charge in [-0.2, -0.15) is 5.26 Å². The summed E-state index contributed by atoms with van der Waals surface area (Å²) in [5.74, 6) is -0.892. The third-order valence-electron chi connectivity index (χ3n) is 3.29. The van der Waals surface area contributed by atoms with Crippen molar-refractivity contribution in [2.24, 2.45) is 0 Å². The molecule has 1 aliphatic rings. The summed E-state index contributed by atoms with van der Waals surface area (Å²) in [6.07, 6.45) is 0.878. The Kier molecular flexibility index (Phi) is 3.96. The number of aliphatic hydroxyl groups excluding tert-OH is 1. The molecule has 2 rings (SSSR count). The number of hydrogen-bond donors (Lipinski definition) is 1. The highest BCUT2D eigenvalue weighted by Gasteiger charge is 2.28. The average Bonchev–Trinajstić information content (AvgIpc) is 2.41. The van der Waals surface area contributed by atoms with Crippen molar-refractivity contribution in [1.29, 1.82) is 5.26 Å². The normalized spacial score (nSPS) is 18.1. The Morgan fingerprint density at radius 1 is 1.33 bits per heavy atom. The summed E-state index contributed by atoms with van der Waals surface area (Å²) >= 11 is 0. The fourth-order valence-electron chi connectivity index (χ4n) is 2.19. The summed E-state index contributed by atoms with van der Waals surface area (Å²) in [6.45, 7) is 1.07. The van der Waals surface area contributed by atoms with Crippen molar-refractivity contribution in [2.75, 3.05) is 13.1 Å². The third kappa shape index (κ3) is 2.69. The zero-order valence-corrected chi connectivity index (χ0v) is 10.1. The first-order valence-electron chi connectivity index (χ1n) is 6.14. The van der Waals surface area contributed by atoms with E-state index >= 15 is 0 Å². The Balaban J connectivity index is 2.10. The van der Waals surface area contributed by atoms with Crippen LogP contribution in [0.2, 0.25) is 0 Å². The lowest BCUT2D eigenvalue weighted by atomic mass is 9.97. The first-order chi connectivity index (χ1) is 8.72. The van der Waals surface area contributed by atoms with E-state index in [-0.39, 0.29) is 12.0 Å². The summed E-state index contributed by atoms with van der Waals surface area (Å²) in [6, 6.07) is 11.2. The Morgan fingerprint density at radius 3 is 2.50 bits per heavy atom. The second-order valence-corrected chi connectivity index (χ2v) is 4.53. The fourth-order valence-corrected chi connectivity index (χ4v) is 2.19. The van der Waals surface area contributed by atoms with Crippen LogP contribution in [0.15, 0.2) is 30.3 Å². The van der Waals surface area contributed by atoms with Gasteiger partial charge in [0.15, 0.2) is 0 Å². The number of nitrogens with zero attached hydrogens (tertiary/aromatic N) is 2. The van der Waals surface area contributed by atoms with Crippen LogP contribution < -0.4 is 0 Å². The Bertz CT molecular complexity index is 445. The van der Waals surface area contributed by atoms with Gasteiger partial charge in [-0.25, -0.2) is 0 Å². The molecule has 0 aliphatic carbocycles. The minimum Gasteiger partial charge on any atom is -0.393 e.